The quantitative estimate of drug-likeness (QED) is 0.711. The van der Waals surface area contributed by atoms with Crippen molar-refractivity contribution in [1.82, 2.24) is 10.2 Å². The fraction of sp³-hybridized carbons (Fsp3) is 0.0588. The Labute approximate surface area is 123 Å². The van der Waals surface area contributed by atoms with Gasteiger partial charge in [-0.05, 0) is 28.8 Å². The van der Waals surface area contributed by atoms with Gasteiger partial charge < -0.3 is 0 Å². The summed E-state index contributed by atoms with van der Waals surface area (Å²) >= 11 is 5.77. The second-order valence-corrected chi connectivity index (χ2v) is 4.93. The lowest BCUT2D eigenvalue weighted by molar-refractivity contribution is 0.938. The largest absolute Gasteiger partial charge is 0.154 e. The van der Waals surface area contributed by atoms with Gasteiger partial charge in [0.2, 0.25) is 0 Å². The highest BCUT2D eigenvalue weighted by atomic mass is 35.5. The molecule has 0 radical (unpaired) electrons. The second-order valence-electron chi connectivity index (χ2n) is 4.55. The van der Waals surface area contributed by atoms with Gasteiger partial charge in [-0.2, -0.15) is 5.10 Å². The second kappa shape index (κ2) is 5.85. The van der Waals surface area contributed by atoms with Crippen molar-refractivity contribution in [2.24, 2.45) is 0 Å². The molecule has 0 spiro atoms. The number of halogens is 1. The lowest BCUT2D eigenvalue weighted by atomic mass is 9.97. The van der Waals surface area contributed by atoms with Gasteiger partial charge in [0.15, 0.2) is 5.15 Å². The molecule has 0 amide bonds. The lowest BCUT2D eigenvalue weighted by Crippen LogP contribution is -1.96. The zero-order valence-corrected chi connectivity index (χ0v) is 11.6. The molecule has 2 nitrogen and oxygen atoms in total. The van der Waals surface area contributed by atoms with E-state index in [0.29, 0.717) is 5.15 Å². The normalized spacial score (nSPS) is 10.4. The van der Waals surface area contributed by atoms with E-state index in [4.69, 9.17) is 11.6 Å². The van der Waals surface area contributed by atoms with Gasteiger partial charge in [-0.25, -0.2) is 0 Å². The maximum absolute atomic E-state index is 5.77. The van der Waals surface area contributed by atoms with Gasteiger partial charge in [-0.3, -0.25) is 0 Å². The standard InChI is InChI=1S/C17H13ClN2/c18-17-11-10-15(19-20-17)12-14-8-4-5-9-16(14)13-6-2-1-3-7-13/h1-11H,12H2. The molecule has 1 heterocycles. The van der Waals surface area contributed by atoms with Gasteiger partial charge >= 0.3 is 0 Å². The van der Waals surface area contributed by atoms with E-state index in [-0.39, 0.29) is 0 Å². The summed E-state index contributed by atoms with van der Waals surface area (Å²) in [5, 5.41) is 8.44. The van der Waals surface area contributed by atoms with Gasteiger partial charge in [-0.15, -0.1) is 5.10 Å². The zero-order valence-electron chi connectivity index (χ0n) is 10.8. The average molecular weight is 281 g/mol. The van der Waals surface area contributed by atoms with Crippen LogP contribution in [0.3, 0.4) is 0 Å². The summed E-state index contributed by atoms with van der Waals surface area (Å²) < 4.78 is 0. The van der Waals surface area contributed by atoms with Crippen LogP contribution >= 0.6 is 11.6 Å². The highest BCUT2D eigenvalue weighted by Gasteiger charge is 2.06. The molecular formula is C17H13ClN2. The summed E-state index contributed by atoms with van der Waals surface area (Å²) in [4.78, 5) is 0. The van der Waals surface area contributed by atoms with E-state index in [2.05, 4.69) is 40.5 Å². The first-order valence-electron chi connectivity index (χ1n) is 6.44. The molecule has 20 heavy (non-hydrogen) atoms. The summed E-state index contributed by atoms with van der Waals surface area (Å²) in [5.74, 6) is 0. The molecule has 98 valence electrons. The fourth-order valence-corrected chi connectivity index (χ4v) is 2.31. The van der Waals surface area contributed by atoms with Crippen LogP contribution in [0.4, 0.5) is 0 Å². The van der Waals surface area contributed by atoms with Crippen molar-refractivity contribution in [3.63, 3.8) is 0 Å². The topological polar surface area (TPSA) is 25.8 Å². The predicted octanol–water partition coefficient (Wildman–Crippen LogP) is 4.39. The summed E-state index contributed by atoms with van der Waals surface area (Å²) in [6.45, 7) is 0. The van der Waals surface area contributed by atoms with Gasteiger partial charge in [0.25, 0.3) is 0 Å². The Balaban J connectivity index is 1.96. The molecule has 3 rings (SSSR count). The minimum atomic E-state index is 0.421. The number of hydrogen-bond donors (Lipinski definition) is 0. The summed E-state index contributed by atoms with van der Waals surface area (Å²) in [6, 6.07) is 22.4. The molecule has 0 fully saturated rings. The molecule has 0 atom stereocenters. The van der Waals surface area contributed by atoms with E-state index in [9.17, 15) is 0 Å². The smallest absolute Gasteiger partial charge is 0.151 e. The van der Waals surface area contributed by atoms with Crippen LogP contribution in [-0.4, -0.2) is 10.2 Å². The third-order valence-corrected chi connectivity index (χ3v) is 3.36. The number of rotatable bonds is 3. The van der Waals surface area contributed by atoms with Crippen LogP contribution in [-0.2, 0) is 6.42 Å². The predicted molar refractivity (Wildman–Crippen MR) is 81.7 cm³/mol. The van der Waals surface area contributed by atoms with Crippen molar-refractivity contribution in [2.75, 3.05) is 0 Å². The van der Waals surface area contributed by atoms with Crippen LogP contribution in [0, 0.1) is 0 Å². The Bertz CT molecular complexity index is 694. The first-order chi connectivity index (χ1) is 9.83. The Morgan fingerprint density at radius 3 is 2.25 bits per heavy atom. The molecule has 3 aromatic rings. The molecule has 0 bridgehead atoms. The molecule has 0 unspecified atom stereocenters. The Hall–Kier alpha value is -2.19. The zero-order chi connectivity index (χ0) is 13.8. The molecule has 0 saturated carbocycles. The van der Waals surface area contributed by atoms with Crippen LogP contribution in [0.2, 0.25) is 5.15 Å². The number of nitrogens with zero attached hydrogens (tertiary/aromatic N) is 2. The number of aromatic nitrogens is 2. The van der Waals surface area contributed by atoms with Crippen LogP contribution in [0.15, 0.2) is 66.7 Å². The summed E-state index contributed by atoms with van der Waals surface area (Å²) in [5.41, 5.74) is 4.59. The van der Waals surface area contributed by atoms with Crippen LogP contribution in [0.25, 0.3) is 11.1 Å². The lowest BCUT2D eigenvalue weighted by Gasteiger charge is -2.09. The first kappa shape index (κ1) is 12.8. The van der Waals surface area contributed by atoms with Crippen LogP contribution < -0.4 is 0 Å². The van der Waals surface area contributed by atoms with Gasteiger partial charge in [0.05, 0.1) is 5.69 Å². The minimum absolute atomic E-state index is 0.421. The van der Waals surface area contributed by atoms with E-state index < -0.39 is 0 Å². The van der Waals surface area contributed by atoms with Crippen LogP contribution in [0.5, 0.6) is 0 Å². The fourth-order valence-electron chi connectivity index (χ4n) is 2.21. The van der Waals surface area contributed by atoms with Crippen LogP contribution in [0.1, 0.15) is 11.3 Å². The van der Waals surface area contributed by atoms with Gasteiger partial charge in [0, 0.05) is 6.42 Å². The summed E-state index contributed by atoms with van der Waals surface area (Å²) in [6.07, 6.45) is 0.745. The Morgan fingerprint density at radius 2 is 1.50 bits per heavy atom. The molecule has 2 aromatic carbocycles. The van der Waals surface area contributed by atoms with Gasteiger partial charge in [-0.1, -0.05) is 66.2 Å². The SMILES string of the molecule is Clc1ccc(Cc2ccccc2-c2ccccc2)nn1. The molecule has 1 aromatic heterocycles. The number of benzene rings is 2. The van der Waals surface area contributed by atoms with Crippen molar-refractivity contribution in [1.29, 1.82) is 0 Å². The molecular weight excluding hydrogens is 268 g/mol. The van der Waals surface area contributed by atoms with E-state index in [1.807, 2.05) is 30.3 Å². The third-order valence-electron chi connectivity index (χ3n) is 3.16. The van der Waals surface area contributed by atoms with Crippen molar-refractivity contribution >= 4 is 11.6 Å². The third kappa shape index (κ3) is 2.86. The average Bonchev–Trinajstić information content (AvgIpc) is 2.51. The maximum atomic E-state index is 5.77. The maximum Gasteiger partial charge on any atom is 0.151 e. The molecule has 0 aliphatic heterocycles. The summed E-state index contributed by atoms with van der Waals surface area (Å²) in [7, 11) is 0. The van der Waals surface area contributed by atoms with E-state index >= 15 is 0 Å². The van der Waals surface area contributed by atoms with E-state index in [0.717, 1.165) is 12.1 Å². The van der Waals surface area contributed by atoms with Gasteiger partial charge in [0.1, 0.15) is 0 Å². The van der Waals surface area contributed by atoms with E-state index in [1.54, 1.807) is 6.07 Å². The molecule has 0 saturated heterocycles. The molecule has 3 heteroatoms. The Kier molecular flexibility index (Phi) is 3.75. The minimum Gasteiger partial charge on any atom is -0.154 e. The first-order valence-corrected chi connectivity index (χ1v) is 6.82. The highest BCUT2D eigenvalue weighted by Crippen LogP contribution is 2.25. The van der Waals surface area contributed by atoms with E-state index in [1.165, 1.54) is 16.7 Å². The van der Waals surface area contributed by atoms with Crippen molar-refractivity contribution < 1.29 is 0 Å². The Morgan fingerprint density at radius 1 is 0.750 bits per heavy atom. The number of hydrogen-bond acceptors (Lipinski definition) is 2. The van der Waals surface area contributed by atoms with Crippen molar-refractivity contribution in [2.45, 2.75) is 6.42 Å². The van der Waals surface area contributed by atoms with Crippen molar-refractivity contribution in [3.8, 4) is 11.1 Å². The monoisotopic (exact) mass is 280 g/mol. The van der Waals surface area contributed by atoms with Crippen molar-refractivity contribution in [3.05, 3.63) is 83.1 Å². The highest BCUT2D eigenvalue weighted by molar-refractivity contribution is 6.29. The molecule has 0 aliphatic carbocycles. The molecule has 0 aliphatic rings. The molecule has 0 N–H and O–H groups in total.